The maximum atomic E-state index is 11.3. The highest BCUT2D eigenvalue weighted by Crippen LogP contribution is 2.26. The summed E-state index contributed by atoms with van der Waals surface area (Å²) < 4.78 is 0. The second kappa shape index (κ2) is 3.02. The van der Waals surface area contributed by atoms with Gasteiger partial charge in [-0.05, 0) is 43.7 Å². The Hall–Kier alpha value is -1.05. The van der Waals surface area contributed by atoms with E-state index < -0.39 is 0 Å². The first-order chi connectivity index (χ1) is 6.20. The molecule has 70 valence electrons. The maximum Gasteiger partial charge on any atom is 0.176 e. The van der Waals surface area contributed by atoms with E-state index in [4.69, 9.17) is 0 Å². The molecule has 0 amide bonds. The van der Waals surface area contributed by atoms with Crippen molar-refractivity contribution in [3.05, 3.63) is 22.5 Å². The Morgan fingerprint density at radius 3 is 2.62 bits per heavy atom. The monoisotopic (exact) mass is 177 g/mol. The van der Waals surface area contributed by atoms with E-state index in [1.54, 1.807) is 6.92 Å². The van der Waals surface area contributed by atoms with E-state index in [1.165, 1.54) is 29.7 Å². The predicted octanol–water partition coefficient (Wildman–Crippen LogP) is 2.40. The van der Waals surface area contributed by atoms with Crippen molar-refractivity contribution in [3.63, 3.8) is 0 Å². The van der Waals surface area contributed by atoms with Crippen molar-refractivity contribution < 1.29 is 4.79 Å². The Morgan fingerprint density at radius 2 is 2.00 bits per heavy atom. The van der Waals surface area contributed by atoms with Gasteiger partial charge in [0.1, 0.15) is 0 Å². The van der Waals surface area contributed by atoms with Crippen LogP contribution >= 0.6 is 0 Å². The molecular formula is C11H15NO. The zero-order valence-electron chi connectivity index (χ0n) is 8.24. The number of ketones is 1. The van der Waals surface area contributed by atoms with Crippen LogP contribution < -0.4 is 0 Å². The molecule has 1 aliphatic carbocycles. The molecule has 1 aliphatic rings. The second-order valence-electron chi connectivity index (χ2n) is 3.85. The smallest absolute Gasteiger partial charge is 0.176 e. The molecule has 2 heteroatoms. The molecule has 0 fully saturated rings. The summed E-state index contributed by atoms with van der Waals surface area (Å²) in [4.78, 5) is 14.5. The highest BCUT2D eigenvalue weighted by Gasteiger charge is 2.18. The van der Waals surface area contributed by atoms with Gasteiger partial charge in [-0.15, -0.1) is 0 Å². The van der Waals surface area contributed by atoms with Crippen LogP contribution in [-0.4, -0.2) is 10.8 Å². The summed E-state index contributed by atoms with van der Waals surface area (Å²) in [6.45, 7) is 3.68. The van der Waals surface area contributed by atoms with E-state index in [0.717, 1.165) is 18.5 Å². The molecule has 0 unspecified atom stereocenters. The van der Waals surface area contributed by atoms with Gasteiger partial charge in [-0.3, -0.25) is 4.79 Å². The van der Waals surface area contributed by atoms with Crippen molar-refractivity contribution in [1.29, 1.82) is 0 Å². The first-order valence-corrected chi connectivity index (χ1v) is 4.91. The summed E-state index contributed by atoms with van der Waals surface area (Å²) >= 11 is 0. The number of fused-ring (bicyclic) bond motifs is 1. The van der Waals surface area contributed by atoms with E-state index in [-0.39, 0.29) is 5.78 Å². The van der Waals surface area contributed by atoms with Crippen LogP contribution in [0.5, 0.6) is 0 Å². The topological polar surface area (TPSA) is 32.9 Å². The molecule has 0 spiro atoms. The van der Waals surface area contributed by atoms with Crippen LogP contribution in [0, 0.1) is 6.92 Å². The Balaban J connectivity index is 2.50. The van der Waals surface area contributed by atoms with Crippen molar-refractivity contribution in [1.82, 2.24) is 4.98 Å². The van der Waals surface area contributed by atoms with Gasteiger partial charge in [-0.2, -0.15) is 0 Å². The summed E-state index contributed by atoms with van der Waals surface area (Å²) in [7, 11) is 0. The number of carbonyl (C=O) groups excluding carboxylic acids is 1. The van der Waals surface area contributed by atoms with E-state index in [2.05, 4.69) is 11.9 Å². The van der Waals surface area contributed by atoms with Gasteiger partial charge in [-0.1, -0.05) is 0 Å². The number of hydrogen-bond acceptors (Lipinski definition) is 1. The maximum absolute atomic E-state index is 11.3. The number of H-pyrrole nitrogens is 1. The van der Waals surface area contributed by atoms with Crippen molar-refractivity contribution in [2.75, 3.05) is 0 Å². The molecule has 0 radical (unpaired) electrons. The lowest BCUT2D eigenvalue weighted by Crippen LogP contribution is -2.00. The normalized spacial score (nSPS) is 15.5. The Bertz CT molecular complexity index is 349. The van der Waals surface area contributed by atoms with Crippen LogP contribution in [0.4, 0.5) is 0 Å². The van der Waals surface area contributed by atoms with Gasteiger partial charge in [0.05, 0.1) is 5.69 Å². The predicted molar refractivity (Wildman–Crippen MR) is 52.2 cm³/mol. The van der Waals surface area contributed by atoms with Gasteiger partial charge in [-0.25, -0.2) is 0 Å². The molecule has 0 aromatic carbocycles. The molecule has 1 aromatic rings. The number of aromatic nitrogens is 1. The van der Waals surface area contributed by atoms with Crippen LogP contribution in [0.25, 0.3) is 0 Å². The second-order valence-corrected chi connectivity index (χ2v) is 3.85. The lowest BCUT2D eigenvalue weighted by atomic mass is 9.95. The molecule has 0 bridgehead atoms. The highest BCUT2D eigenvalue weighted by atomic mass is 16.1. The van der Waals surface area contributed by atoms with E-state index in [1.807, 2.05) is 0 Å². The van der Waals surface area contributed by atoms with Crippen molar-refractivity contribution >= 4 is 5.78 Å². The molecule has 2 nitrogen and oxygen atoms in total. The Kier molecular flexibility index (Phi) is 1.98. The van der Waals surface area contributed by atoms with E-state index in [9.17, 15) is 4.79 Å². The third kappa shape index (κ3) is 1.30. The van der Waals surface area contributed by atoms with Crippen LogP contribution in [0.2, 0.25) is 0 Å². The van der Waals surface area contributed by atoms with Gasteiger partial charge in [0.15, 0.2) is 5.78 Å². The summed E-state index contributed by atoms with van der Waals surface area (Å²) in [5, 5.41) is 0. The summed E-state index contributed by atoms with van der Waals surface area (Å²) in [5.41, 5.74) is 4.71. The van der Waals surface area contributed by atoms with Gasteiger partial charge in [0.2, 0.25) is 0 Å². The quantitative estimate of drug-likeness (QED) is 0.656. The average molecular weight is 177 g/mol. The SMILES string of the molecule is CC(=O)c1[nH]c2c(c1C)CCCC2. The third-order valence-corrected chi connectivity index (χ3v) is 2.92. The van der Waals surface area contributed by atoms with Crippen molar-refractivity contribution in [3.8, 4) is 0 Å². The van der Waals surface area contributed by atoms with E-state index >= 15 is 0 Å². The van der Waals surface area contributed by atoms with Crippen molar-refractivity contribution in [2.45, 2.75) is 39.5 Å². The summed E-state index contributed by atoms with van der Waals surface area (Å²) in [6.07, 6.45) is 4.78. The van der Waals surface area contributed by atoms with Gasteiger partial charge in [0.25, 0.3) is 0 Å². The van der Waals surface area contributed by atoms with Crippen molar-refractivity contribution in [2.24, 2.45) is 0 Å². The molecule has 2 rings (SSSR count). The minimum absolute atomic E-state index is 0.159. The number of aryl methyl sites for hydroxylation is 1. The molecule has 0 atom stereocenters. The minimum Gasteiger partial charge on any atom is -0.356 e. The molecule has 1 N–H and O–H groups in total. The zero-order chi connectivity index (χ0) is 9.42. The number of carbonyl (C=O) groups is 1. The lowest BCUT2D eigenvalue weighted by Gasteiger charge is -2.10. The Morgan fingerprint density at radius 1 is 1.31 bits per heavy atom. The molecular weight excluding hydrogens is 162 g/mol. The summed E-state index contributed by atoms with van der Waals surface area (Å²) in [5.74, 6) is 0.159. The number of aromatic amines is 1. The minimum atomic E-state index is 0.159. The number of hydrogen-bond donors (Lipinski definition) is 1. The van der Waals surface area contributed by atoms with Gasteiger partial charge >= 0.3 is 0 Å². The molecule has 13 heavy (non-hydrogen) atoms. The first kappa shape index (κ1) is 8.54. The van der Waals surface area contributed by atoms with Crippen LogP contribution in [0.15, 0.2) is 0 Å². The van der Waals surface area contributed by atoms with Gasteiger partial charge in [0, 0.05) is 12.6 Å². The number of nitrogens with one attached hydrogen (secondary N) is 1. The zero-order valence-corrected chi connectivity index (χ0v) is 8.24. The third-order valence-electron chi connectivity index (χ3n) is 2.92. The fraction of sp³-hybridized carbons (Fsp3) is 0.545. The van der Waals surface area contributed by atoms with Crippen LogP contribution in [0.1, 0.15) is 47.1 Å². The fourth-order valence-corrected chi connectivity index (χ4v) is 2.20. The van der Waals surface area contributed by atoms with Gasteiger partial charge < -0.3 is 4.98 Å². The lowest BCUT2D eigenvalue weighted by molar-refractivity contribution is 0.101. The molecule has 1 aromatic heterocycles. The van der Waals surface area contributed by atoms with Crippen LogP contribution in [0.3, 0.4) is 0 Å². The number of rotatable bonds is 1. The standard InChI is InChI=1S/C11H15NO/c1-7-9-5-3-4-6-10(9)12-11(7)8(2)13/h12H,3-6H2,1-2H3. The average Bonchev–Trinajstić information content (AvgIpc) is 2.45. The highest BCUT2D eigenvalue weighted by molar-refractivity contribution is 5.94. The van der Waals surface area contributed by atoms with E-state index in [0.29, 0.717) is 0 Å². The molecule has 1 heterocycles. The molecule has 0 saturated heterocycles. The largest absolute Gasteiger partial charge is 0.356 e. The summed E-state index contributed by atoms with van der Waals surface area (Å²) in [6, 6.07) is 0. The Labute approximate surface area is 78.4 Å². The number of Topliss-reactive ketones (excluding diaryl/α,β-unsaturated/α-hetero) is 1. The first-order valence-electron chi connectivity index (χ1n) is 4.91. The molecule has 0 saturated carbocycles. The fourth-order valence-electron chi connectivity index (χ4n) is 2.20. The molecule has 0 aliphatic heterocycles. The van der Waals surface area contributed by atoms with Crippen LogP contribution in [-0.2, 0) is 12.8 Å².